The summed E-state index contributed by atoms with van der Waals surface area (Å²) in [5.74, 6) is -0.800. The summed E-state index contributed by atoms with van der Waals surface area (Å²) in [6.45, 7) is 4.80. The van der Waals surface area contributed by atoms with Crippen molar-refractivity contribution in [2.45, 2.75) is 45.9 Å². The Morgan fingerprint density at radius 1 is 0.766 bits per heavy atom. The molecular formula is C38H39N3O5S. The van der Waals surface area contributed by atoms with Crippen LogP contribution in [0, 0.1) is 5.92 Å². The lowest BCUT2D eigenvalue weighted by Gasteiger charge is -2.27. The number of nitrogens with zero attached hydrogens (tertiary/aromatic N) is 2. The molecule has 0 bridgehead atoms. The van der Waals surface area contributed by atoms with Crippen LogP contribution in [0.15, 0.2) is 109 Å². The Labute approximate surface area is 279 Å². The zero-order chi connectivity index (χ0) is 33.0. The quantitative estimate of drug-likeness (QED) is 0.126. The van der Waals surface area contributed by atoms with E-state index in [4.69, 9.17) is 14.5 Å². The van der Waals surface area contributed by atoms with Crippen molar-refractivity contribution < 1.29 is 23.9 Å². The van der Waals surface area contributed by atoms with Gasteiger partial charge in [0.2, 0.25) is 0 Å². The van der Waals surface area contributed by atoms with Gasteiger partial charge in [-0.2, -0.15) is 0 Å². The van der Waals surface area contributed by atoms with E-state index in [1.54, 1.807) is 16.2 Å². The molecule has 0 saturated carbocycles. The number of amides is 2. The molecule has 0 saturated heterocycles. The Balaban J connectivity index is 1.26. The van der Waals surface area contributed by atoms with Crippen LogP contribution in [0.3, 0.4) is 0 Å². The van der Waals surface area contributed by atoms with E-state index in [2.05, 4.69) is 11.4 Å². The summed E-state index contributed by atoms with van der Waals surface area (Å²) < 4.78 is 12.2. The Kier molecular flexibility index (Phi) is 11.7. The SMILES string of the molecule is CC(C)CN(CCC(=O)OCc1ccccc1)C(=O)N[C@@H](Cc1ccc(-c2nc3ccccc3s2)cc1)C(=O)OCc1ccccc1. The molecule has 5 rings (SSSR count). The van der Waals surface area contributed by atoms with Crippen LogP contribution in [-0.2, 0) is 38.7 Å². The number of urea groups is 1. The summed E-state index contributed by atoms with van der Waals surface area (Å²) in [5.41, 5.74) is 4.53. The Hall–Kier alpha value is -5.02. The number of para-hydroxylation sites is 1. The summed E-state index contributed by atoms with van der Waals surface area (Å²) in [5, 5.41) is 3.82. The molecular weight excluding hydrogens is 611 g/mol. The summed E-state index contributed by atoms with van der Waals surface area (Å²) in [4.78, 5) is 45.9. The van der Waals surface area contributed by atoms with E-state index in [0.717, 1.165) is 37.5 Å². The maximum Gasteiger partial charge on any atom is 0.329 e. The van der Waals surface area contributed by atoms with Crippen molar-refractivity contribution in [1.82, 2.24) is 15.2 Å². The van der Waals surface area contributed by atoms with Crippen molar-refractivity contribution in [3.8, 4) is 10.6 Å². The number of hydrogen-bond acceptors (Lipinski definition) is 7. The average Bonchev–Trinajstić information content (AvgIpc) is 3.53. The van der Waals surface area contributed by atoms with E-state index >= 15 is 0 Å². The van der Waals surface area contributed by atoms with Crippen LogP contribution >= 0.6 is 11.3 Å². The van der Waals surface area contributed by atoms with E-state index in [0.29, 0.717) is 6.54 Å². The first-order valence-electron chi connectivity index (χ1n) is 15.7. The van der Waals surface area contributed by atoms with Gasteiger partial charge in [-0.3, -0.25) is 4.79 Å². The number of benzene rings is 4. The smallest absolute Gasteiger partial charge is 0.329 e. The predicted octanol–water partition coefficient (Wildman–Crippen LogP) is 7.42. The number of thiazole rings is 1. The van der Waals surface area contributed by atoms with Gasteiger partial charge in [0.15, 0.2) is 0 Å². The first kappa shape index (κ1) is 33.3. The number of esters is 2. The second-order valence-electron chi connectivity index (χ2n) is 11.7. The number of nitrogens with one attached hydrogen (secondary N) is 1. The minimum atomic E-state index is -0.945. The summed E-state index contributed by atoms with van der Waals surface area (Å²) in [6, 6.07) is 33.3. The highest BCUT2D eigenvalue weighted by atomic mass is 32.1. The lowest BCUT2D eigenvalue weighted by Crippen LogP contribution is -2.50. The number of rotatable bonds is 14. The monoisotopic (exact) mass is 649 g/mol. The minimum Gasteiger partial charge on any atom is -0.461 e. The topological polar surface area (TPSA) is 97.8 Å². The highest BCUT2D eigenvalue weighted by molar-refractivity contribution is 7.21. The fraction of sp³-hybridized carbons (Fsp3) is 0.263. The van der Waals surface area contributed by atoms with Gasteiger partial charge < -0.3 is 19.7 Å². The second kappa shape index (κ2) is 16.5. The number of carbonyl (C=O) groups excluding carboxylic acids is 3. The summed E-state index contributed by atoms with van der Waals surface area (Å²) >= 11 is 1.62. The molecule has 9 heteroatoms. The van der Waals surface area contributed by atoms with Crippen LogP contribution in [0.2, 0.25) is 0 Å². The molecule has 242 valence electrons. The van der Waals surface area contributed by atoms with Crippen LogP contribution in [0.1, 0.15) is 37.0 Å². The van der Waals surface area contributed by atoms with Crippen LogP contribution in [0.4, 0.5) is 4.79 Å². The van der Waals surface area contributed by atoms with Gasteiger partial charge in [0.05, 0.1) is 16.6 Å². The largest absolute Gasteiger partial charge is 0.461 e. The molecule has 0 aliphatic carbocycles. The predicted molar refractivity (Wildman–Crippen MR) is 185 cm³/mol. The normalized spacial score (nSPS) is 11.6. The molecule has 0 aliphatic heterocycles. The zero-order valence-electron chi connectivity index (χ0n) is 26.6. The molecule has 1 atom stereocenters. The van der Waals surface area contributed by atoms with Gasteiger partial charge in [0, 0.05) is 25.1 Å². The molecule has 47 heavy (non-hydrogen) atoms. The Morgan fingerprint density at radius 2 is 1.38 bits per heavy atom. The van der Waals surface area contributed by atoms with Crippen molar-refractivity contribution in [3.63, 3.8) is 0 Å². The van der Waals surface area contributed by atoms with Crippen LogP contribution in [0.25, 0.3) is 20.8 Å². The molecule has 1 heterocycles. The van der Waals surface area contributed by atoms with E-state index < -0.39 is 24.0 Å². The summed E-state index contributed by atoms with van der Waals surface area (Å²) in [6.07, 6.45) is 0.261. The average molecular weight is 650 g/mol. The maximum absolute atomic E-state index is 13.6. The molecule has 2 amide bonds. The lowest BCUT2D eigenvalue weighted by atomic mass is 10.0. The Bertz CT molecular complexity index is 1720. The van der Waals surface area contributed by atoms with Crippen molar-refractivity contribution >= 4 is 39.5 Å². The highest BCUT2D eigenvalue weighted by Gasteiger charge is 2.26. The molecule has 5 aromatic rings. The lowest BCUT2D eigenvalue weighted by molar-refractivity contribution is -0.147. The highest BCUT2D eigenvalue weighted by Crippen LogP contribution is 2.30. The fourth-order valence-electron chi connectivity index (χ4n) is 5.03. The third-order valence-corrected chi connectivity index (χ3v) is 8.53. The first-order chi connectivity index (χ1) is 22.8. The number of fused-ring (bicyclic) bond motifs is 1. The zero-order valence-corrected chi connectivity index (χ0v) is 27.5. The van der Waals surface area contributed by atoms with Crippen LogP contribution in [-0.4, -0.2) is 47.0 Å². The third-order valence-electron chi connectivity index (χ3n) is 7.44. The third kappa shape index (κ3) is 9.98. The molecule has 1 N–H and O–H groups in total. The van der Waals surface area contributed by atoms with E-state index in [9.17, 15) is 14.4 Å². The standard InChI is InChI=1S/C38H39N3O5S/c1-27(2)24-41(22-21-35(42)45-25-29-11-5-3-6-12-29)38(44)40-33(37(43)46-26-30-13-7-4-8-14-30)23-28-17-19-31(20-18-28)36-39-32-15-9-10-16-34(32)47-36/h3-20,27,33H,21-26H2,1-2H3,(H,40,44)/t33-/m0/s1. The van der Waals surface area contributed by atoms with Gasteiger partial charge in [-0.05, 0) is 34.7 Å². The maximum atomic E-state index is 13.6. The first-order valence-corrected chi connectivity index (χ1v) is 16.6. The fourth-order valence-corrected chi connectivity index (χ4v) is 6.00. The molecule has 0 fully saturated rings. The molecule has 0 spiro atoms. The van der Waals surface area contributed by atoms with Gasteiger partial charge in [0.1, 0.15) is 24.3 Å². The van der Waals surface area contributed by atoms with E-state index in [-0.39, 0.29) is 38.5 Å². The van der Waals surface area contributed by atoms with Gasteiger partial charge in [-0.1, -0.05) is 111 Å². The molecule has 0 unspecified atom stereocenters. The number of hydrogen-bond donors (Lipinski definition) is 1. The van der Waals surface area contributed by atoms with Gasteiger partial charge >= 0.3 is 18.0 Å². The van der Waals surface area contributed by atoms with Crippen molar-refractivity contribution in [2.75, 3.05) is 13.1 Å². The van der Waals surface area contributed by atoms with Gasteiger partial charge in [0.25, 0.3) is 0 Å². The van der Waals surface area contributed by atoms with Gasteiger partial charge in [-0.25, -0.2) is 14.6 Å². The molecule has 0 radical (unpaired) electrons. The summed E-state index contributed by atoms with van der Waals surface area (Å²) in [7, 11) is 0. The molecule has 8 nitrogen and oxygen atoms in total. The molecule has 0 aliphatic rings. The number of carbonyl (C=O) groups is 3. The van der Waals surface area contributed by atoms with Crippen molar-refractivity contribution in [3.05, 3.63) is 126 Å². The minimum absolute atomic E-state index is 0.0311. The van der Waals surface area contributed by atoms with E-state index in [1.165, 1.54) is 0 Å². The molecule has 1 aromatic heterocycles. The second-order valence-corrected chi connectivity index (χ2v) is 12.7. The van der Waals surface area contributed by atoms with Crippen molar-refractivity contribution in [2.24, 2.45) is 5.92 Å². The van der Waals surface area contributed by atoms with E-state index in [1.807, 2.05) is 117 Å². The number of ether oxygens (including phenoxy) is 2. The van der Waals surface area contributed by atoms with Crippen LogP contribution < -0.4 is 5.32 Å². The van der Waals surface area contributed by atoms with Crippen molar-refractivity contribution in [1.29, 1.82) is 0 Å². The Morgan fingerprint density at radius 3 is 2.02 bits per heavy atom. The molecule has 4 aromatic carbocycles. The van der Waals surface area contributed by atoms with Crippen LogP contribution in [0.5, 0.6) is 0 Å². The van der Waals surface area contributed by atoms with Gasteiger partial charge in [-0.15, -0.1) is 11.3 Å². The number of aromatic nitrogens is 1.